The van der Waals surface area contributed by atoms with E-state index < -0.39 is 11.0 Å². The zero-order chi connectivity index (χ0) is 20.2. The normalized spacial score (nSPS) is 16.1. The zero-order valence-electron chi connectivity index (χ0n) is 16.4. The van der Waals surface area contributed by atoms with Gasteiger partial charge in [-0.2, -0.15) is 0 Å². The summed E-state index contributed by atoms with van der Waals surface area (Å²) in [4.78, 5) is 30.0. The van der Waals surface area contributed by atoms with E-state index in [4.69, 9.17) is 5.73 Å². The summed E-state index contributed by atoms with van der Waals surface area (Å²) in [7, 11) is 0. The number of benzene rings is 1. The molecule has 0 saturated heterocycles. The summed E-state index contributed by atoms with van der Waals surface area (Å²) in [6.45, 7) is 3.74. The minimum atomic E-state index is -1.04. The first kappa shape index (κ1) is 20.0. The zero-order valence-corrected chi connectivity index (χ0v) is 16.4. The van der Waals surface area contributed by atoms with Crippen LogP contribution in [0.1, 0.15) is 44.0 Å². The van der Waals surface area contributed by atoms with E-state index in [0.717, 1.165) is 24.1 Å². The SMILES string of the molecule is CC(C)(NC(=O)C1(CN)CC1)C(=O)NC(Cc1ccccn1)c1ccccc1. The molecule has 2 aromatic rings. The average Bonchev–Trinajstić information content (AvgIpc) is 3.50. The maximum absolute atomic E-state index is 13.0. The van der Waals surface area contributed by atoms with Gasteiger partial charge < -0.3 is 16.4 Å². The lowest BCUT2D eigenvalue weighted by molar-refractivity contribution is -0.135. The lowest BCUT2D eigenvalue weighted by Crippen LogP contribution is -2.57. The summed E-state index contributed by atoms with van der Waals surface area (Å²) in [5.41, 5.74) is 6.08. The molecule has 6 heteroatoms. The first-order valence-corrected chi connectivity index (χ1v) is 9.65. The van der Waals surface area contributed by atoms with Crippen molar-refractivity contribution < 1.29 is 9.59 Å². The molecule has 3 rings (SSSR count). The van der Waals surface area contributed by atoms with Crippen LogP contribution < -0.4 is 16.4 Å². The predicted octanol–water partition coefficient (Wildman–Crippen LogP) is 2.12. The van der Waals surface area contributed by atoms with Crippen molar-refractivity contribution in [2.24, 2.45) is 11.1 Å². The smallest absolute Gasteiger partial charge is 0.245 e. The van der Waals surface area contributed by atoms with Gasteiger partial charge >= 0.3 is 0 Å². The molecule has 148 valence electrons. The summed E-state index contributed by atoms with van der Waals surface area (Å²) in [5.74, 6) is -0.380. The Labute approximate surface area is 165 Å². The summed E-state index contributed by atoms with van der Waals surface area (Å²) in [6.07, 6.45) is 3.86. The largest absolute Gasteiger partial charge is 0.347 e. The van der Waals surface area contributed by atoms with Crippen LogP contribution in [0.2, 0.25) is 0 Å². The number of carbonyl (C=O) groups is 2. The number of hydrogen-bond acceptors (Lipinski definition) is 4. The number of nitrogens with two attached hydrogens (primary N) is 1. The Balaban J connectivity index is 1.73. The number of carbonyl (C=O) groups excluding carboxylic acids is 2. The Bertz CT molecular complexity index is 817. The molecule has 28 heavy (non-hydrogen) atoms. The van der Waals surface area contributed by atoms with Crippen molar-refractivity contribution in [3.8, 4) is 0 Å². The van der Waals surface area contributed by atoms with E-state index in [-0.39, 0.29) is 17.9 Å². The van der Waals surface area contributed by atoms with Crippen molar-refractivity contribution >= 4 is 11.8 Å². The number of nitrogens with zero attached hydrogens (tertiary/aromatic N) is 1. The third-order valence-electron chi connectivity index (χ3n) is 5.37. The van der Waals surface area contributed by atoms with Gasteiger partial charge in [0, 0.05) is 24.9 Å². The van der Waals surface area contributed by atoms with E-state index in [1.165, 1.54) is 0 Å². The van der Waals surface area contributed by atoms with Gasteiger partial charge in [-0.25, -0.2) is 0 Å². The standard InChI is InChI=1S/C22H28N4O2/c1-21(2,26-20(28)22(15-23)11-12-22)19(27)25-18(16-8-4-3-5-9-16)14-17-10-6-7-13-24-17/h3-10,13,18H,11-12,14-15,23H2,1-2H3,(H,25,27)(H,26,28). The molecular formula is C22H28N4O2. The van der Waals surface area contributed by atoms with Gasteiger partial charge in [-0.1, -0.05) is 36.4 Å². The Morgan fingerprint density at radius 2 is 1.82 bits per heavy atom. The van der Waals surface area contributed by atoms with Crippen molar-refractivity contribution in [3.63, 3.8) is 0 Å². The second-order valence-electron chi connectivity index (χ2n) is 8.03. The molecule has 1 aromatic heterocycles. The van der Waals surface area contributed by atoms with Crippen molar-refractivity contribution in [1.82, 2.24) is 15.6 Å². The van der Waals surface area contributed by atoms with Crippen LogP contribution in [-0.2, 0) is 16.0 Å². The lowest BCUT2D eigenvalue weighted by Gasteiger charge is -2.30. The molecule has 0 radical (unpaired) electrons. The van der Waals surface area contributed by atoms with Gasteiger partial charge in [0.25, 0.3) is 0 Å². The molecule has 0 bridgehead atoms. The van der Waals surface area contributed by atoms with Gasteiger partial charge in [0.2, 0.25) is 11.8 Å². The number of hydrogen-bond donors (Lipinski definition) is 3. The van der Waals surface area contributed by atoms with Gasteiger partial charge in [-0.15, -0.1) is 0 Å². The number of nitrogens with one attached hydrogen (secondary N) is 2. The monoisotopic (exact) mass is 380 g/mol. The maximum Gasteiger partial charge on any atom is 0.245 e. The molecule has 1 saturated carbocycles. The summed E-state index contributed by atoms with van der Waals surface area (Å²) in [5, 5.41) is 5.98. The summed E-state index contributed by atoms with van der Waals surface area (Å²) < 4.78 is 0. The highest BCUT2D eigenvalue weighted by Crippen LogP contribution is 2.45. The van der Waals surface area contributed by atoms with E-state index in [0.29, 0.717) is 13.0 Å². The van der Waals surface area contributed by atoms with Crippen molar-refractivity contribution in [1.29, 1.82) is 0 Å². The molecular weight excluding hydrogens is 352 g/mol. The molecule has 1 aliphatic carbocycles. The van der Waals surface area contributed by atoms with Crippen LogP contribution in [0.4, 0.5) is 0 Å². The minimum Gasteiger partial charge on any atom is -0.347 e. The number of pyridine rings is 1. The van der Waals surface area contributed by atoms with E-state index in [9.17, 15) is 9.59 Å². The molecule has 1 aliphatic rings. The van der Waals surface area contributed by atoms with Crippen molar-refractivity contribution in [2.75, 3.05) is 6.54 Å². The van der Waals surface area contributed by atoms with E-state index in [2.05, 4.69) is 15.6 Å². The molecule has 4 N–H and O–H groups in total. The second-order valence-corrected chi connectivity index (χ2v) is 8.03. The fourth-order valence-corrected chi connectivity index (χ4v) is 3.15. The molecule has 1 atom stereocenters. The van der Waals surface area contributed by atoms with Gasteiger partial charge in [0.15, 0.2) is 0 Å². The van der Waals surface area contributed by atoms with Crippen LogP contribution in [-0.4, -0.2) is 28.9 Å². The van der Waals surface area contributed by atoms with Crippen LogP contribution in [0.15, 0.2) is 54.7 Å². The third-order valence-corrected chi connectivity index (χ3v) is 5.37. The quantitative estimate of drug-likeness (QED) is 0.653. The molecule has 0 aliphatic heterocycles. The molecule has 2 amide bonds. The molecule has 6 nitrogen and oxygen atoms in total. The summed E-state index contributed by atoms with van der Waals surface area (Å²) in [6, 6.07) is 15.3. The minimum absolute atomic E-state index is 0.142. The van der Waals surface area contributed by atoms with Crippen LogP contribution >= 0.6 is 0 Å². The fraction of sp³-hybridized carbons (Fsp3) is 0.409. The Morgan fingerprint density at radius 3 is 2.39 bits per heavy atom. The third kappa shape index (κ3) is 4.57. The van der Waals surface area contributed by atoms with Gasteiger partial charge in [0.05, 0.1) is 11.5 Å². The average molecular weight is 380 g/mol. The summed E-state index contributed by atoms with van der Waals surface area (Å²) >= 11 is 0. The van der Waals surface area contributed by atoms with E-state index in [1.807, 2.05) is 48.5 Å². The molecule has 1 unspecified atom stereocenters. The number of rotatable bonds is 8. The number of aromatic nitrogens is 1. The maximum atomic E-state index is 13.0. The highest BCUT2D eigenvalue weighted by atomic mass is 16.2. The number of amides is 2. The van der Waals surface area contributed by atoms with Crippen molar-refractivity contribution in [3.05, 3.63) is 66.0 Å². The lowest BCUT2D eigenvalue weighted by atomic mass is 9.97. The Kier molecular flexibility index (Phi) is 5.79. The highest BCUT2D eigenvalue weighted by Gasteiger charge is 2.50. The molecule has 1 heterocycles. The fourth-order valence-electron chi connectivity index (χ4n) is 3.15. The van der Waals surface area contributed by atoms with Gasteiger partial charge in [-0.3, -0.25) is 14.6 Å². The predicted molar refractivity (Wildman–Crippen MR) is 108 cm³/mol. The highest BCUT2D eigenvalue weighted by molar-refractivity contribution is 5.94. The van der Waals surface area contributed by atoms with Gasteiger partial charge in [0.1, 0.15) is 5.54 Å². The second kappa shape index (κ2) is 8.10. The van der Waals surface area contributed by atoms with Crippen LogP contribution in [0, 0.1) is 5.41 Å². The first-order valence-electron chi connectivity index (χ1n) is 9.65. The first-order chi connectivity index (χ1) is 13.4. The van der Waals surface area contributed by atoms with E-state index in [1.54, 1.807) is 20.0 Å². The van der Waals surface area contributed by atoms with Gasteiger partial charge in [-0.05, 0) is 44.4 Å². The van der Waals surface area contributed by atoms with Crippen LogP contribution in [0.3, 0.4) is 0 Å². The topological polar surface area (TPSA) is 97.1 Å². The molecule has 0 spiro atoms. The molecule has 1 aromatic carbocycles. The Morgan fingerprint density at radius 1 is 1.14 bits per heavy atom. The van der Waals surface area contributed by atoms with E-state index >= 15 is 0 Å². The molecule has 1 fully saturated rings. The van der Waals surface area contributed by atoms with Crippen LogP contribution in [0.25, 0.3) is 0 Å². The Hall–Kier alpha value is -2.73. The van der Waals surface area contributed by atoms with Crippen LogP contribution in [0.5, 0.6) is 0 Å². The van der Waals surface area contributed by atoms with Crippen molar-refractivity contribution in [2.45, 2.75) is 44.7 Å².